The highest BCUT2D eigenvalue weighted by atomic mass is 35.5. The van der Waals surface area contributed by atoms with Crippen molar-refractivity contribution >= 4 is 46.4 Å². The Bertz CT molecular complexity index is 770. The van der Waals surface area contributed by atoms with Crippen molar-refractivity contribution in [2.75, 3.05) is 11.9 Å². The molecule has 0 saturated carbocycles. The number of hydrogen-bond donors (Lipinski definition) is 1. The number of rotatable bonds is 9. The molecule has 0 radical (unpaired) electrons. The topological polar surface area (TPSA) is 38.3 Å². The van der Waals surface area contributed by atoms with E-state index < -0.39 is 0 Å². The third-order valence-corrected chi connectivity index (χ3v) is 5.15. The van der Waals surface area contributed by atoms with Gasteiger partial charge in [-0.15, -0.1) is 0 Å². The van der Waals surface area contributed by atoms with Gasteiger partial charge in [0.1, 0.15) is 0 Å². The lowest BCUT2D eigenvalue weighted by Crippen LogP contribution is -2.12. The molecule has 0 aliphatic heterocycles. The molecule has 0 unspecified atom stereocenters. The molecule has 2 rings (SSSR count). The molecule has 146 valence electrons. The smallest absolute Gasteiger partial charge is 0.255 e. The van der Waals surface area contributed by atoms with Crippen LogP contribution in [0, 0.1) is 6.92 Å². The second kappa shape index (κ2) is 10.8. The van der Waals surface area contributed by atoms with E-state index in [0.29, 0.717) is 38.7 Å². The van der Waals surface area contributed by atoms with Gasteiger partial charge in [0, 0.05) is 16.3 Å². The normalized spacial score (nSPS) is 10.7. The van der Waals surface area contributed by atoms with Gasteiger partial charge in [0.05, 0.1) is 16.7 Å². The summed E-state index contributed by atoms with van der Waals surface area (Å²) >= 11 is 18.7. The van der Waals surface area contributed by atoms with Crippen molar-refractivity contribution in [2.24, 2.45) is 0 Å². The summed E-state index contributed by atoms with van der Waals surface area (Å²) in [4.78, 5) is 12.5. The van der Waals surface area contributed by atoms with Gasteiger partial charge in [0.25, 0.3) is 5.91 Å². The average Bonchev–Trinajstić information content (AvgIpc) is 2.62. The minimum Gasteiger partial charge on any atom is -0.490 e. The predicted octanol–water partition coefficient (Wildman–Crippen LogP) is 7.56. The van der Waals surface area contributed by atoms with E-state index in [1.807, 2.05) is 13.0 Å². The molecule has 0 fully saturated rings. The quantitative estimate of drug-likeness (QED) is 0.418. The van der Waals surface area contributed by atoms with E-state index in [2.05, 4.69) is 12.2 Å². The molecule has 1 amide bonds. The van der Waals surface area contributed by atoms with E-state index >= 15 is 0 Å². The summed E-state index contributed by atoms with van der Waals surface area (Å²) in [5, 5.41) is 4.02. The van der Waals surface area contributed by atoms with Crippen LogP contribution >= 0.6 is 34.8 Å². The molecule has 27 heavy (non-hydrogen) atoms. The fourth-order valence-corrected chi connectivity index (χ4v) is 3.36. The molecule has 0 aromatic heterocycles. The SMILES string of the molecule is CCCCCCCOc1c(Cl)cc(C(=O)Nc2ccc(C)c(Cl)c2)cc1Cl. The highest BCUT2D eigenvalue weighted by Crippen LogP contribution is 2.34. The molecule has 0 heterocycles. The van der Waals surface area contributed by atoms with Crippen LogP contribution in [0.25, 0.3) is 0 Å². The zero-order chi connectivity index (χ0) is 19.8. The lowest BCUT2D eigenvalue weighted by molar-refractivity contribution is 0.102. The van der Waals surface area contributed by atoms with Gasteiger partial charge in [-0.05, 0) is 43.2 Å². The van der Waals surface area contributed by atoms with Crippen molar-refractivity contribution in [3.63, 3.8) is 0 Å². The molecule has 0 atom stereocenters. The third-order valence-electron chi connectivity index (χ3n) is 4.18. The Morgan fingerprint density at radius 1 is 0.963 bits per heavy atom. The lowest BCUT2D eigenvalue weighted by atomic mass is 10.1. The van der Waals surface area contributed by atoms with Gasteiger partial charge in [0.15, 0.2) is 5.75 Å². The Kier molecular flexibility index (Phi) is 8.75. The molecule has 0 aliphatic carbocycles. The number of unbranched alkanes of at least 4 members (excludes halogenated alkanes) is 4. The maximum atomic E-state index is 12.5. The van der Waals surface area contributed by atoms with E-state index in [9.17, 15) is 4.79 Å². The summed E-state index contributed by atoms with van der Waals surface area (Å²) in [5.41, 5.74) is 1.91. The zero-order valence-electron chi connectivity index (χ0n) is 15.6. The number of hydrogen-bond acceptors (Lipinski definition) is 2. The number of anilines is 1. The fraction of sp³-hybridized carbons (Fsp3) is 0.381. The number of carbonyl (C=O) groups excluding carboxylic acids is 1. The van der Waals surface area contributed by atoms with Crippen LogP contribution in [-0.2, 0) is 0 Å². The first-order valence-electron chi connectivity index (χ1n) is 9.11. The summed E-state index contributed by atoms with van der Waals surface area (Å²) < 4.78 is 5.72. The summed E-state index contributed by atoms with van der Waals surface area (Å²) in [6, 6.07) is 8.46. The number of aryl methyl sites for hydroxylation is 1. The molecule has 1 N–H and O–H groups in total. The van der Waals surface area contributed by atoms with Crippen LogP contribution in [0.15, 0.2) is 30.3 Å². The van der Waals surface area contributed by atoms with Crippen molar-refractivity contribution in [3.8, 4) is 5.75 Å². The molecule has 2 aromatic rings. The van der Waals surface area contributed by atoms with Crippen LogP contribution in [0.4, 0.5) is 5.69 Å². The number of ether oxygens (including phenoxy) is 1. The zero-order valence-corrected chi connectivity index (χ0v) is 17.8. The summed E-state index contributed by atoms with van der Waals surface area (Å²) in [6.07, 6.45) is 5.70. The Labute approximate surface area is 176 Å². The molecule has 0 aliphatic rings. The van der Waals surface area contributed by atoms with Crippen LogP contribution in [0.1, 0.15) is 54.9 Å². The van der Waals surface area contributed by atoms with Gasteiger partial charge in [-0.2, -0.15) is 0 Å². The van der Waals surface area contributed by atoms with E-state index in [1.54, 1.807) is 24.3 Å². The maximum Gasteiger partial charge on any atom is 0.255 e. The van der Waals surface area contributed by atoms with Crippen molar-refractivity contribution in [3.05, 3.63) is 56.5 Å². The summed E-state index contributed by atoms with van der Waals surface area (Å²) in [6.45, 7) is 4.63. The Morgan fingerprint density at radius 2 is 1.63 bits per heavy atom. The third kappa shape index (κ3) is 6.60. The van der Waals surface area contributed by atoms with Crippen LogP contribution < -0.4 is 10.1 Å². The first-order valence-corrected chi connectivity index (χ1v) is 10.2. The van der Waals surface area contributed by atoms with Crippen molar-refractivity contribution in [1.82, 2.24) is 0 Å². The molecule has 6 heteroatoms. The Hall–Kier alpha value is -1.42. The molecule has 0 bridgehead atoms. The maximum absolute atomic E-state index is 12.5. The fourth-order valence-electron chi connectivity index (χ4n) is 2.58. The van der Waals surface area contributed by atoms with Crippen LogP contribution in [0.5, 0.6) is 5.75 Å². The minimum atomic E-state index is -0.315. The van der Waals surface area contributed by atoms with Crippen molar-refractivity contribution in [1.29, 1.82) is 0 Å². The van der Waals surface area contributed by atoms with Crippen LogP contribution in [0.2, 0.25) is 15.1 Å². The average molecular weight is 429 g/mol. The molecule has 0 spiro atoms. The number of amides is 1. The van der Waals surface area contributed by atoms with Gasteiger partial charge in [-0.3, -0.25) is 4.79 Å². The van der Waals surface area contributed by atoms with E-state index in [0.717, 1.165) is 18.4 Å². The predicted molar refractivity (Wildman–Crippen MR) is 115 cm³/mol. The van der Waals surface area contributed by atoms with Gasteiger partial charge in [-0.25, -0.2) is 0 Å². The Balaban J connectivity index is 1.99. The molecule has 2 aromatic carbocycles. The molecule has 3 nitrogen and oxygen atoms in total. The molecular weight excluding hydrogens is 405 g/mol. The first-order chi connectivity index (χ1) is 12.9. The Morgan fingerprint density at radius 3 is 2.26 bits per heavy atom. The number of carbonyl (C=O) groups is 1. The monoisotopic (exact) mass is 427 g/mol. The molecule has 0 saturated heterocycles. The second-order valence-electron chi connectivity index (χ2n) is 6.45. The highest BCUT2D eigenvalue weighted by molar-refractivity contribution is 6.38. The van der Waals surface area contributed by atoms with E-state index in [4.69, 9.17) is 39.5 Å². The van der Waals surface area contributed by atoms with Gasteiger partial charge in [0.2, 0.25) is 0 Å². The van der Waals surface area contributed by atoms with E-state index in [1.165, 1.54) is 19.3 Å². The van der Waals surface area contributed by atoms with E-state index in [-0.39, 0.29) is 5.91 Å². The largest absolute Gasteiger partial charge is 0.490 e. The minimum absolute atomic E-state index is 0.315. The van der Waals surface area contributed by atoms with Gasteiger partial charge < -0.3 is 10.1 Å². The second-order valence-corrected chi connectivity index (χ2v) is 7.67. The molecular formula is C21H24Cl3NO2. The highest BCUT2D eigenvalue weighted by Gasteiger charge is 2.15. The van der Waals surface area contributed by atoms with Crippen LogP contribution in [0.3, 0.4) is 0 Å². The van der Waals surface area contributed by atoms with Crippen molar-refractivity contribution in [2.45, 2.75) is 46.0 Å². The summed E-state index contributed by atoms with van der Waals surface area (Å²) in [7, 11) is 0. The van der Waals surface area contributed by atoms with Gasteiger partial charge in [-0.1, -0.05) is 73.5 Å². The lowest BCUT2D eigenvalue weighted by Gasteiger charge is -2.12. The summed E-state index contributed by atoms with van der Waals surface area (Å²) in [5.74, 6) is 0.105. The number of benzene rings is 2. The van der Waals surface area contributed by atoms with Crippen molar-refractivity contribution < 1.29 is 9.53 Å². The van der Waals surface area contributed by atoms with Crippen LogP contribution in [-0.4, -0.2) is 12.5 Å². The van der Waals surface area contributed by atoms with Gasteiger partial charge >= 0.3 is 0 Å². The number of nitrogens with one attached hydrogen (secondary N) is 1. The standard InChI is InChI=1S/C21H24Cl3NO2/c1-3-4-5-6-7-10-27-20-18(23)11-15(12-19(20)24)21(26)25-16-9-8-14(2)17(22)13-16/h8-9,11-13H,3-7,10H2,1-2H3,(H,25,26). The number of halogens is 3. The first kappa shape index (κ1) is 21.9.